The van der Waals surface area contributed by atoms with E-state index in [4.69, 9.17) is 5.14 Å². The molecule has 0 radical (unpaired) electrons. The summed E-state index contributed by atoms with van der Waals surface area (Å²) in [5.74, 6) is -3.04. The van der Waals surface area contributed by atoms with Crippen LogP contribution in [0.4, 0.5) is 20.3 Å². The Kier molecular flexibility index (Phi) is 6.09. The number of nitrogens with two attached hydrogens (primary N) is 1. The van der Waals surface area contributed by atoms with E-state index in [0.29, 0.717) is 5.56 Å². The van der Waals surface area contributed by atoms with E-state index in [1.807, 2.05) is 30.3 Å². The molecule has 0 saturated carbocycles. The lowest BCUT2D eigenvalue weighted by atomic mass is 10.0. The Balaban J connectivity index is 1.70. The van der Waals surface area contributed by atoms with Crippen molar-refractivity contribution in [2.45, 2.75) is 23.8 Å². The molecule has 0 aliphatic carbocycles. The second kappa shape index (κ2) is 8.83. The highest BCUT2D eigenvalue weighted by molar-refractivity contribution is 7.89. The summed E-state index contributed by atoms with van der Waals surface area (Å²) in [6, 6.07) is 13.5. The zero-order valence-electron chi connectivity index (χ0n) is 17.4. The predicted octanol–water partition coefficient (Wildman–Crippen LogP) is 3.28. The number of nitrogens with zero attached hydrogens (tertiary/aromatic N) is 3. The highest BCUT2D eigenvalue weighted by Crippen LogP contribution is 2.33. The molecule has 172 valence electrons. The first-order valence-electron chi connectivity index (χ1n) is 10.1. The summed E-state index contributed by atoms with van der Waals surface area (Å²) in [5, 5.41) is 7.35. The Labute approximate surface area is 189 Å². The van der Waals surface area contributed by atoms with Crippen molar-refractivity contribution in [2.24, 2.45) is 5.14 Å². The molecule has 1 aliphatic heterocycles. The van der Waals surface area contributed by atoms with E-state index < -0.39 is 26.9 Å². The number of benzene rings is 1. The van der Waals surface area contributed by atoms with Gasteiger partial charge in [-0.1, -0.05) is 30.3 Å². The van der Waals surface area contributed by atoms with Gasteiger partial charge in [0.2, 0.25) is 0 Å². The van der Waals surface area contributed by atoms with Crippen LogP contribution < -0.4 is 15.4 Å². The van der Waals surface area contributed by atoms with Gasteiger partial charge in [-0.3, -0.25) is 4.79 Å². The maximum atomic E-state index is 13.7. The van der Waals surface area contributed by atoms with Crippen LogP contribution >= 0.6 is 0 Å². The van der Waals surface area contributed by atoms with Crippen LogP contribution in [-0.4, -0.2) is 43.3 Å². The molecule has 3 heterocycles. The van der Waals surface area contributed by atoms with Gasteiger partial charge in [0.15, 0.2) is 5.03 Å². The van der Waals surface area contributed by atoms with Crippen LogP contribution in [0.2, 0.25) is 0 Å². The highest BCUT2D eigenvalue weighted by atomic mass is 32.2. The highest BCUT2D eigenvalue weighted by Gasteiger charge is 2.35. The maximum Gasteiger partial charge on any atom is 0.259 e. The third-order valence-corrected chi connectivity index (χ3v) is 6.10. The van der Waals surface area contributed by atoms with Crippen molar-refractivity contribution in [3.63, 3.8) is 0 Å². The number of pyridine rings is 2. The monoisotopic (exact) mass is 473 g/mol. The number of carbonyl (C=O) groups is 1. The summed E-state index contributed by atoms with van der Waals surface area (Å²) in [5.41, 5.74) is 1.85. The molecule has 0 spiro atoms. The van der Waals surface area contributed by atoms with Gasteiger partial charge in [0.1, 0.15) is 5.82 Å². The number of rotatable bonds is 5. The van der Waals surface area contributed by atoms with Crippen LogP contribution in [0.5, 0.6) is 0 Å². The first-order chi connectivity index (χ1) is 15.6. The van der Waals surface area contributed by atoms with Crippen molar-refractivity contribution < 1.29 is 22.0 Å². The van der Waals surface area contributed by atoms with Crippen molar-refractivity contribution in [3.05, 3.63) is 66.5 Å². The average Bonchev–Trinajstić information content (AvgIpc) is 2.79. The number of carbonyl (C=O) groups excluding carboxylic acids is 1. The molecule has 33 heavy (non-hydrogen) atoms. The summed E-state index contributed by atoms with van der Waals surface area (Å²) in [7, 11) is -4.06. The molecular weight excluding hydrogens is 452 g/mol. The minimum atomic E-state index is -4.06. The number of nitrogens with one attached hydrogen (secondary N) is 1. The van der Waals surface area contributed by atoms with E-state index in [1.54, 1.807) is 17.2 Å². The summed E-state index contributed by atoms with van der Waals surface area (Å²) < 4.78 is 50.5. The molecule has 3 N–H and O–H groups in total. The average molecular weight is 474 g/mol. The Morgan fingerprint density at radius 1 is 1.03 bits per heavy atom. The number of piperidine rings is 1. The van der Waals surface area contributed by atoms with Crippen molar-refractivity contribution in [2.75, 3.05) is 23.3 Å². The number of halogens is 2. The van der Waals surface area contributed by atoms with Gasteiger partial charge in [-0.15, -0.1) is 0 Å². The molecule has 0 unspecified atom stereocenters. The van der Waals surface area contributed by atoms with Gasteiger partial charge in [0, 0.05) is 55.6 Å². The summed E-state index contributed by atoms with van der Waals surface area (Å²) >= 11 is 0. The SMILES string of the molecule is NS(=O)(=O)c1cc(NC(=O)c2cc(-c3ccccc3)cnc2N2CCC(F)(F)CC2)ccn1. The zero-order chi connectivity index (χ0) is 23.6. The summed E-state index contributed by atoms with van der Waals surface area (Å²) in [6.07, 6.45) is 2.14. The van der Waals surface area contributed by atoms with Gasteiger partial charge in [-0.25, -0.2) is 32.3 Å². The van der Waals surface area contributed by atoms with E-state index in [1.165, 1.54) is 12.3 Å². The van der Waals surface area contributed by atoms with Crippen LogP contribution in [0, 0.1) is 0 Å². The molecule has 2 aromatic heterocycles. The van der Waals surface area contributed by atoms with Crippen LogP contribution in [0.1, 0.15) is 23.2 Å². The van der Waals surface area contributed by atoms with Gasteiger partial charge in [0.25, 0.3) is 21.9 Å². The molecule has 1 aromatic carbocycles. The minimum Gasteiger partial charge on any atom is -0.356 e. The van der Waals surface area contributed by atoms with E-state index >= 15 is 0 Å². The second-order valence-electron chi connectivity index (χ2n) is 7.69. The molecule has 1 saturated heterocycles. The minimum absolute atomic E-state index is 0.0514. The molecule has 4 rings (SSSR count). The fourth-order valence-electron chi connectivity index (χ4n) is 3.55. The molecular formula is C22H21F2N5O3S. The van der Waals surface area contributed by atoms with E-state index in [0.717, 1.165) is 11.6 Å². The Morgan fingerprint density at radius 2 is 1.73 bits per heavy atom. The van der Waals surface area contributed by atoms with E-state index in [2.05, 4.69) is 15.3 Å². The zero-order valence-corrected chi connectivity index (χ0v) is 18.2. The number of primary sulfonamides is 1. The van der Waals surface area contributed by atoms with Gasteiger partial charge < -0.3 is 10.2 Å². The fourth-order valence-corrected chi connectivity index (χ4v) is 4.05. The quantitative estimate of drug-likeness (QED) is 0.587. The Hall–Kier alpha value is -3.44. The van der Waals surface area contributed by atoms with Crippen molar-refractivity contribution in [1.29, 1.82) is 0 Å². The van der Waals surface area contributed by atoms with Crippen molar-refractivity contribution in [3.8, 4) is 11.1 Å². The van der Waals surface area contributed by atoms with E-state index in [-0.39, 0.29) is 43.0 Å². The lowest BCUT2D eigenvalue weighted by Gasteiger charge is -2.33. The second-order valence-corrected chi connectivity index (χ2v) is 9.19. The largest absolute Gasteiger partial charge is 0.356 e. The number of amides is 1. The van der Waals surface area contributed by atoms with Gasteiger partial charge in [-0.05, 0) is 17.7 Å². The first kappa shape index (κ1) is 22.7. The Bertz CT molecular complexity index is 1280. The third kappa shape index (κ3) is 5.32. The van der Waals surface area contributed by atoms with Crippen LogP contribution in [-0.2, 0) is 10.0 Å². The molecule has 0 bridgehead atoms. The molecule has 0 atom stereocenters. The van der Waals surface area contributed by atoms with Crippen LogP contribution in [0.3, 0.4) is 0 Å². The normalized spacial score (nSPS) is 15.8. The lowest BCUT2D eigenvalue weighted by Crippen LogP contribution is -2.40. The van der Waals surface area contributed by atoms with Crippen molar-refractivity contribution >= 4 is 27.4 Å². The number of hydrogen-bond acceptors (Lipinski definition) is 6. The smallest absolute Gasteiger partial charge is 0.259 e. The van der Waals surface area contributed by atoms with E-state index in [9.17, 15) is 22.0 Å². The number of anilines is 2. The number of alkyl halides is 2. The molecule has 3 aromatic rings. The first-order valence-corrected chi connectivity index (χ1v) is 11.7. The van der Waals surface area contributed by atoms with Crippen LogP contribution in [0.25, 0.3) is 11.1 Å². The fraction of sp³-hybridized carbons (Fsp3) is 0.227. The molecule has 8 nitrogen and oxygen atoms in total. The maximum absolute atomic E-state index is 13.7. The van der Waals surface area contributed by atoms with Crippen LogP contribution in [0.15, 0.2) is 66.0 Å². The molecule has 1 aliphatic rings. The summed E-state index contributed by atoms with van der Waals surface area (Å²) in [4.78, 5) is 23.0. The van der Waals surface area contributed by atoms with Gasteiger partial charge >= 0.3 is 0 Å². The standard InChI is InChI=1S/C22H21F2N5O3S/c23-22(24)7-10-29(11-8-22)20-18(12-16(14-27-20)15-4-2-1-3-5-15)21(30)28-17-6-9-26-19(13-17)33(25,31)32/h1-6,9,12-14H,7-8,10-11H2,(H2,25,31,32)(H,26,28,30). The lowest BCUT2D eigenvalue weighted by molar-refractivity contribution is -0.0221. The molecule has 1 amide bonds. The predicted molar refractivity (Wildman–Crippen MR) is 120 cm³/mol. The van der Waals surface area contributed by atoms with Gasteiger partial charge in [-0.2, -0.15) is 0 Å². The number of sulfonamides is 1. The number of aromatic nitrogens is 2. The summed E-state index contributed by atoms with van der Waals surface area (Å²) in [6.45, 7) is 0.103. The molecule has 1 fully saturated rings. The van der Waals surface area contributed by atoms with Crippen molar-refractivity contribution in [1.82, 2.24) is 9.97 Å². The Morgan fingerprint density at radius 3 is 2.39 bits per heavy atom. The van der Waals surface area contributed by atoms with Gasteiger partial charge in [0.05, 0.1) is 5.56 Å². The topological polar surface area (TPSA) is 118 Å². The number of hydrogen-bond donors (Lipinski definition) is 2. The third-order valence-electron chi connectivity index (χ3n) is 5.30. The molecule has 11 heteroatoms.